The van der Waals surface area contributed by atoms with Crippen LogP contribution < -0.4 is 0 Å². The molecule has 28 heavy (non-hydrogen) atoms. The zero-order valence-electron chi connectivity index (χ0n) is 16.2. The Morgan fingerprint density at radius 3 is 2.75 bits per heavy atom. The van der Waals surface area contributed by atoms with Crippen LogP contribution in [-0.2, 0) is 9.53 Å². The van der Waals surface area contributed by atoms with E-state index in [4.69, 9.17) is 16.3 Å². The molecule has 0 unspecified atom stereocenters. The summed E-state index contributed by atoms with van der Waals surface area (Å²) in [6, 6.07) is 4.43. The number of hydrogen-bond acceptors (Lipinski definition) is 4. The lowest BCUT2D eigenvalue weighted by molar-refractivity contribution is -0.129. The van der Waals surface area contributed by atoms with Crippen molar-refractivity contribution in [2.75, 3.05) is 25.4 Å². The van der Waals surface area contributed by atoms with Crippen LogP contribution in [0.5, 0.6) is 0 Å². The number of piperidine rings is 1. The maximum absolute atomic E-state index is 13.1. The van der Waals surface area contributed by atoms with Crippen molar-refractivity contribution in [2.45, 2.75) is 50.1 Å². The number of rotatable bonds is 6. The molecule has 8 heteroatoms. The topological polar surface area (TPSA) is 49.9 Å². The highest BCUT2D eigenvalue weighted by molar-refractivity contribution is 8.00. The van der Waals surface area contributed by atoms with E-state index >= 15 is 0 Å². The number of halogens is 2. The Hall–Kier alpha value is -1.47. The molecule has 1 aromatic rings. The minimum Gasteiger partial charge on any atom is -0.447 e. The first-order chi connectivity index (χ1) is 13.4. The molecular weight excluding hydrogens is 403 g/mol. The number of ether oxygens (including phenoxy) is 1. The zero-order chi connectivity index (χ0) is 20.3. The maximum Gasteiger partial charge on any atom is 0.410 e. The normalized spacial score (nSPS) is 21.7. The van der Waals surface area contributed by atoms with Gasteiger partial charge in [0.2, 0.25) is 5.91 Å². The van der Waals surface area contributed by atoms with E-state index < -0.39 is 0 Å². The molecule has 2 saturated heterocycles. The summed E-state index contributed by atoms with van der Waals surface area (Å²) in [5.74, 6) is 0.297. The Morgan fingerprint density at radius 1 is 1.39 bits per heavy atom. The maximum atomic E-state index is 13.1. The molecule has 0 aliphatic carbocycles. The number of hydrogen-bond donors (Lipinski definition) is 0. The molecule has 2 heterocycles. The quantitative estimate of drug-likeness (QED) is 0.629. The third-order valence-electron chi connectivity index (χ3n) is 5.70. The van der Waals surface area contributed by atoms with Gasteiger partial charge < -0.3 is 9.64 Å². The van der Waals surface area contributed by atoms with Crippen LogP contribution in [0, 0.1) is 11.7 Å². The van der Waals surface area contributed by atoms with Gasteiger partial charge in [-0.25, -0.2) is 9.18 Å². The van der Waals surface area contributed by atoms with Crippen molar-refractivity contribution in [3.8, 4) is 0 Å². The predicted molar refractivity (Wildman–Crippen MR) is 108 cm³/mol. The molecule has 0 spiro atoms. The third-order valence-corrected chi connectivity index (χ3v) is 7.19. The number of carbonyl (C=O) groups is 2. The standard InChI is InChI=1S/C20H26ClFN2O3S/c1-3-13(2)17-11-27-20(26)24(17)15-6-8-23(9-7-15)19(25)12-28-18-5-4-14(22)10-16(18)21/h4-5,10,13,15,17H,3,6-9,11-12H2,1-2H3/t13-,17-/m0/s1. The molecule has 1 aromatic carbocycles. The van der Waals surface area contributed by atoms with Gasteiger partial charge in [-0.2, -0.15) is 0 Å². The fourth-order valence-corrected chi connectivity index (χ4v) is 4.95. The van der Waals surface area contributed by atoms with Gasteiger partial charge in [0.05, 0.1) is 16.8 Å². The van der Waals surface area contributed by atoms with Gasteiger partial charge in [-0.15, -0.1) is 11.8 Å². The molecule has 2 fully saturated rings. The van der Waals surface area contributed by atoms with Crippen LogP contribution in [-0.4, -0.2) is 59.3 Å². The summed E-state index contributed by atoms with van der Waals surface area (Å²) in [5.41, 5.74) is 0. The van der Waals surface area contributed by atoms with Crippen LogP contribution in [0.1, 0.15) is 33.1 Å². The second-order valence-electron chi connectivity index (χ2n) is 7.41. The molecule has 0 radical (unpaired) electrons. The van der Waals surface area contributed by atoms with Crippen LogP contribution in [0.25, 0.3) is 0 Å². The first-order valence-electron chi connectivity index (χ1n) is 9.71. The smallest absolute Gasteiger partial charge is 0.410 e. The van der Waals surface area contributed by atoms with Crippen molar-refractivity contribution in [1.29, 1.82) is 0 Å². The lowest BCUT2D eigenvalue weighted by Gasteiger charge is -2.39. The number of carbonyl (C=O) groups excluding carboxylic acids is 2. The van der Waals surface area contributed by atoms with Crippen LogP contribution in [0.2, 0.25) is 5.02 Å². The summed E-state index contributed by atoms with van der Waals surface area (Å²) in [6.45, 7) is 5.98. The molecule has 2 aliphatic rings. The molecule has 154 valence electrons. The molecule has 3 rings (SSSR count). The highest BCUT2D eigenvalue weighted by atomic mass is 35.5. The molecule has 0 N–H and O–H groups in total. The van der Waals surface area contributed by atoms with Gasteiger partial charge in [0.25, 0.3) is 0 Å². The Kier molecular flexibility index (Phi) is 7.10. The molecular formula is C20H26ClFN2O3S. The van der Waals surface area contributed by atoms with Crippen molar-refractivity contribution >= 4 is 35.4 Å². The number of nitrogens with zero attached hydrogens (tertiary/aromatic N) is 2. The van der Waals surface area contributed by atoms with Crippen LogP contribution in [0.15, 0.2) is 23.1 Å². The summed E-state index contributed by atoms with van der Waals surface area (Å²) in [6.07, 6.45) is 2.29. The van der Waals surface area contributed by atoms with E-state index in [-0.39, 0.29) is 35.7 Å². The Labute approximate surface area is 174 Å². The summed E-state index contributed by atoms with van der Waals surface area (Å²) in [7, 11) is 0. The van der Waals surface area contributed by atoms with E-state index in [2.05, 4.69) is 13.8 Å². The fraction of sp³-hybridized carbons (Fsp3) is 0.600. The van der Waals surface area contributed by atoms with Gasteiger partial charge >= 0.3 is 6.09 Å². The van der Waals surface area contributed by atoms with E-state index in [1.54, 1.807) is 6.07 Å². The number of likely N-dealkylation sites (tertiary alicyclic amines) is 1. The summed E-state index contributed by atoms with van der Waals surface area (Å²) >= 11 is 7.34. The molecule has 0 saturated carbocycles. The van der Waals surface area contributed by atoms with Crippen molar-refractivity contribution in [2.24, 2.45) is 5.92 Å². The molecule has 5 nitrogen and oxygen atoms in total. The van der Waals surface area contributed by atoms with Gasteiger partial charge in [0, 0.05) is 24.0 Å². The Bertz CT molecular complexity index is 727. The average molecular weight is 429 g/mol. The van der Waals surface area contributed by atoms with E-state index in [0.29, 0.717) is 35.5 Å². The SMILES string of the molecule is CC[C@H](C)[C@@H]1COC(=O)N1C1CCN(C(=O)CSc2ccc(F)cc2Cl)CC1. The lowest BCUT2D eigenvalue weighted by atomic mass is 9.95. The van der Waals surface area contributed by atoms with Gasteiger partial charge in [0.15, 0.2) is 0 Å². The van der Waals surface area contributed by atoms with E-state index in [9.17, 15) is 14.0 Å². The largest absolute Gasteiger partial charge is 0.447 e. The average Bonchev–Trinajstić information content (AvgIpc) is 3.08. The van der Waals surface area contributed by atoms with Crippen molar-refractivity contribution in [1.82, 2.24) is 9.80 Å². The molecule has 0 aromatic heterocycles. The van der Waals surface area contributed by atoms with Gasteiger partial charge in [-0.3, -0.25) is 9.69 Å². The lowest BCUT2D eigenvalue weighted by Crippen LogP contribution is -2.51. The minimum atomic E-state index is -0.390. The highest BCUT2D eigenvalue weighted by Crippen LogP contribution is 2.30. The van der Waals surface area contributed by atoms with Crippen molar-refractivity contribution in [3.05, 3.63) is 29.0 Å². The summed E-state index contributed by atoms with van der Waals surface area (Å²) in [5, 5.41) is 0.320. The number of amides is 2. The van der Waals surface area contributed by atoms with Crippen LogP contribution >= 0.6 is 23.4 Å². The van der Waals surface area contributed by atoms with Crippen LogP contribution in [0.3, 0.4) is 0 Å². The summed E-state index contributed by atoms with van der Waals surface area (Å²) in [4.78, 5) is 29.2. The number of thioether (sulfide) groups is 1. The minimum absolute atomic E-state index is 0.0336. The fourth-order valence-electron chi connectivity index (χ4n) is 3.79. The van der Waals surface area contributed by atoms with Gasteiger partial charge in [-0.1, -0.05) is 31.9 Å². The zero-order valence-corrected chi connectivity index (χ0v) is 17.8. The first kappa shape index (κ1) is 21.2. The van der Waals surface area contributed by atoms with Crippen LogP contribution in [0.4, 0.5) is 9.18 Å². The highest BCUT2D eigenvalue weighted by Gasteiger charge is 2.41. The van der Waals surface area contributed by atoms with Gasteiger partial charge in [0.1, 0.15) is 12.4 Å². The Morgan fingerprint density at radius 2 is 2.11 bits per heavy atom. The Balaban J connectivity index is 1.51. The monoisotopic (exact) mass is 428 g/mol. The van der Waals surface area contributed by atoms with Crippen molar-refractivity contribution in [3.63, 3.8) is 0 Å². The van der Waals surface area contributed by atoms with E-state index in [1.165, 1.54) is 23.9 Å². The van der Waals surface area contributed by atoms with Gasteiger partial charge in [-0.05, 0) is 37.0 Å². The molecule has 2 aliphatic heterocycles. The molecule has 2 amide bonds. The molecule has 2 atom stereocenters. The first-order valence-corrected chi connectivity index (χ1v) is 11.1. The van der Waals surface area contributed by atoms with E-state index in [0.717, 1.165) is 19.3 Å². The second-order valence-corrected chi connectivity index (χ2v) is 8.84. The van der Waals surface area contributed by atoms with Crippen molar-refractivity contribution < 1.29 is 18.7 Å². The predicted octanol–water partition coefficient (Wildman–Crippen LogP) is 4.43. The second kappa shape index (κ2) is 9.35. The molecule has 0 bridgehead atoms. The third kappa shape index (κ3) is 4.74. The number of cyclic esters (lactones) is 1. The summed E-state index contributed by atoms with van der Waals surface area (Å²) < 4.78 is 18.4. The van der Waals surface area contributed by atoms with E-state index in [1.807, 2.05) is 9.80 Å². The number of benzene rings is 1.